The number of aromatic nitrogens is 1. The van der Waals surface area contributed by atoms with E-state index in [1.165, 1.54) is 30.1 Å². The molecule has 1 heterocycles. The minimum atomic E-state index is -3.72. The van der Waals surface area contributed by atoms with Crippen molar-refractivity contribution in [2.75, 3.05) is 16.7 Å². The molecule has 100 valence electrons. The highest BCUT2D eigenvalue weighted by Gasteiger charge is 2.17. The molecular formula is C12H13N3O2S2. The van der Waals surface area contributed by atoms with Gasteiger partial charge in [-0.1, -0.05) is 6.07 Å². The van der Waals surface area contributed by atoms with Gasteiger partial charge in [0.05, 0.1) is 0 Å². The molecule has 0 aliphatic carbocycles. The quantitative estimate of drug-likeness (QED) is 0.845. The van der Waals surface area contributed by atoms with Crippen LogP contribution in [-0.2, 0) is 10.0 Å². The predicted molar refractivity (Wildman–Crippen MR) is 77.7 cm³/mol. The molecule has 0 saturated carbocycles. The summed E-state index contributed by atoms with van der Waals surface area (Å²) in [5.74, 6) is -0.0176. The van der Waals surface area contributed by atoms with Crippen LogP contribution < -0.4 is 10.5 Å². The summed E-state index contributed by atoms with van der Waals surface area (Å²) in [6, 6.07) is 10.1. The van der Waals surface area contributed by atoms with E-state index in [1.54, 1.807) is 18.2 Å². The lowest BCUT2D eigenvalue weighted by atomic mass is 10.3. The van der Waals surface area contributed by atoms with Crippen molar-refractivity contribution in [1.29, 1.82) is 0 Å². The highest BCUT2D eigenvalue weighted by Crippen LogP contribution is 2.23. The Labute approximate surface area is 116 Å². The lowest BCUT2D eigenvalue weighted by Crippen LogP contribution is -2.15. The van der Waals surface area contributed by atoms with E-state index in [9.17, 15) is 8.42 Å². The van der Waals surface area contributed by atoms with Crippen molar-refractivity contribution in [2.45, 2.75) is 9.79 Å². The Morgan fingerprint density at radius 1 is 1.26 bits per heavy atom. The van der Waals surface area contributed by atoms with Crippen LogP contribution in [0.25, 0.3) is 0 Å². The molecule has 3 N–H and O–H groups in total. The Morgan fingerprint density at radius 2 is 2.05 bits per heavy atom. The topological polar surface area (TPSA) is 85.1 Å². The summed E-state index contributed by atoms with van der Waals surface area (Å²) in [5.41, 5.74) is 6.08. The molecule has 0 aliphatic rings. The minimum absolute atomic E-state index is 0.0176. The number of sulfonamides is 1. The summed E-state index contributed by atoms with van der Waals surface area (Å²) < 4.78 is 26.9. The van der Waals surface area contributed by atoms with E-state index in [4.69, 9.17) is 5.73 Å². The van der Waals surface area contributed by atoms with Crippen molar-refractivity contribution in [3.8, 4) is 0 Å². The van der Waals surface area contributed by atoms with Crippen molar-refractivity contribution >= 4 is 33.3 Å². The zero-order valence-corrected chi connectivity index (χ0v) is 11.8. The molecule has 0 bridgehead atoms. The molecule has 2 aromatic rings. The summed E-state index contributed by atoms with van der Waals surface area (Å²) in [5, 5.41) is 0. The van der Waals surface area contributed by atoms with Gasteiger partial charge in [-0.25, -0.2) is 13.4 Å². The van der Waals surface area contributed by atoms with E-state index < -0.39 is 10.0 Å². The summed E-state index contributed by atoms with van der Waals surface area (Å²) in [6.45, 7) is 0. The van der Waals surface area contributed by atoms with Crippen LogP contribution in [0, 0.1) is 0 Å². The fraction of sp³-hybridized carbons (Fsp3) is 0.0833. The molecule has 0 fully saturated rings. The number of thioether (sulfide) groups is 1. The maximum absolute atomic E-state index is 12.2. The SMILES string of the molecule is CSc1cccc(NS(=O)(=O)c2cccnc2N)c1. The van der Waals surface area contributed by atoms with E-state index in [2.05, 4.69) is 9.71 Å². The normalized spacial score (nSPS) is 11.2. The Hall–Kier alpha value is -1.73. The highest BCUT2D eigenvalue weighted by atomic mass is 32.2. The number of benzene rings is 1. The van der Waals surface area contributed by atoms with Gasteiger partial charge in [-0.2, -0.15) is 0 Å². The zero-order valence-electron chi connectivity index (χ0n) is 10.2. The van der Waals surface area contributed by atoms with E-state index in [-0.39, 0.29) is 10.7 Å². The molecule has 19 heavy (non-hydrogen) atoms. The molecule has 7 heteroatoms. The number of nitrogens with zero attached hydrogens (tertiary/aromatic N) is 1. The number of pyridine rings is 1. The number of hydrogen-bond acceptors (Lipinski definition) is 5. The third-order valence-corrected chi connectivity index (χ3v) is 4.57. The Bertz CT molecular complexity index is 687. The molecule has 0 amide bonds. The van der Waals surface area contributed by atoms with Crippen LogP contribution in [0.3, 0.4) is 0 Å². The number of nitrogens with two attached hydrogens (primary N) is 1. The van der Waals surface area contributed by atoms with Gasteiger partial charge in [0, 0.05) is 16.8 Å². The van der Waals surface area contributed by atoms with Gasteiger partial charge in [0.25, 0.3) is 10.0 Å². The molecular weight excluding hydrogens is 282 g/mol. The van der Waals surface area contributed by atoms with Gasteiger partial charge in [-0.3, -0.25) is 4.72 Å². The van der Waals surface area contributed by atoms with Gasteiger partial charge in [-0.15, -0.1) is 11.8 Å². The van der Waals surface area contributed by atoms with Crippen LogP contribution in [0.5, 0.6) is 0 Å². The predicted octanol–water partition coefficient (Wildman–Crippen LogP) is 2.19. The maximum Gasteiger partial charge on any atom is 0.265 e. The number of anilines is 2. The van der Waals surface area contributed by atoms with Crippen LogP contribution >= 0.6 is 11.8 Å². The second kappa shape index (κ2) is 5.50. The molecule has 5 nitrogen and oxygen atoms in total. The minimum Gasteiger partial charge on any atom is -0.383 e. The third kappa shape index (κ3) is 3.18. The molecule has 0 unspecified atom stereocenters. The lowest BCUT2D eigenvalue weighted by Gasteiger charge is -2.10. The van der Waals surface area contributed by atoms with Crippen molar-refractivity contribution in [3.63, 3.8) is 0 Å². The Morgan fingerprint density at radius 3 is 2.74 bits per heavy atom. The molecule has 2 rings (SSSR count). The number of hydrogen-bond donors (Lipinski definition) is 2. The van der Waals surface area contributed by atoms with E-state index in [1.807, 2.05) is 12.3 Å². The van der Waals surface area contributed by atoms with Crippen molar-refractivity contribution in [3.05, 3.63) is 42.6 Å². The monoisotopic (exact) mass is 295 g/mol. The highest BCUT2D eigenvalue weighted by molar-refractivity contribution is 7.98. The molecule has 0 saturated heterocycles. The largest absolute Gasteiger partial charge is 0.383 e. The maximum atomic E-state index is 12.2. The first kappa shape index (κ1) is 13.7. The van der Waals surface area contributed by atoms with Crippen LogP contribution in [0.2, 0.25) is 0 Å². The first-order chi connectivity index (χ1) is 9.03. The van der Waals surface area contributed by atoms with Crippen molar-refractivity contribution in [1.82, 2.24) is 4.98 Å². The molecule has 0 radical (unpaired) electrons. The second-order valence-corrected chi connectivity index (χ2v) is 6.25. The average molecular weight is 295 g/mol. The van der Waals surface area contributed by atoms with Gasteiger partial charge in [-0.05, 0) is 36.6 Å². The van der Waals surface area contributed by atoms with E-state index >= 15 is 0 Å². The van der Waals surface area contributed by atoms with Gasteiger partial charge in [0.15, 0.2) is 0 Å². The summed E-state index contributed by atoms with van der Waals surface area (Å²) >= 11 is 1.54. The fourth-order valence-electron chi connectivity index (χ4n) is 1.53. The molecule has 1 aromatic heterocycles. The first-order valence-electron chi connectivity index (χ1n) is 5.40. The molecule has 1 aromatic carbocycles. The van der Waals surface area contributed by atoms with Crippen LogP contribution in [0.4, 0.5) is 11.5 Å². The van der Waals surface area contributed by atoms with Crippen LogP contribution in [0.1, 0.15) is 0 Å². The number of rotatable bonds is 4. The third-order valence-electron chi connectivity index (χ3n) is 2.41. The van der Waals surface area contributed by atoms with E-state index in [0.29, 0.717) is 5.69 Å². The van der Waals surface area contributed by atoms with Crippen LogP contribution in [-0.4, -0.2) is 19.7 Å². The van der Waals surface area contributed by atoms with Crippen molar-refractivity contribution < 1.29 is 8.42 Å². The average Bonchev–Trinajstić information content (AvgIpc) is 2.38. The Balaban J connectivity index is 2.34. The Kier molecular flexibility index (Phi) is 3.96. The summed E-state index contributed by atoms with van der Waals surface area (Å²) in [4.78, 5) is 4.72. The van der Waals surface area contributed by atoms with Gasteiger partial charge in [0.2, 0.25) is 0 Å². The molecule has 0 spiro atoms. The smallest absolute Gasteiger partial charge is 0.265 e. The zero-order chi connectivity index (χ0) is 13.9. The van der Waals surface area contributed by atoms with E-state index in [0.717, 1.165) is 4.90 Å². The number of nitrogens with one attached hydrogen (secondary N) is 1. The van der Waals surface area contributed by atoms with Gasteiger partial charge in [0.1, 0.15) is 10.7 Å². The molecule has 0 atom stereocenters. The standard InChI is InChI=1S/C12H13N3O2S2/c1-18-10-5-2-4-9(8-10)15-19(16,17)11-6-3-7-14-12(11)13/h2-8,15H,1H3,(H2,13,14). The molecule has 0 aliphatic heterocycles. The summed E-state index contributed by atoms with van der Waals surface area (Å²) in [7, 11) is -3.72. The van der Waals surface area contributed by atoms with Gasteiger partial charge < -0.3 is 5.73 Å². The second-order valence-electron chi connectivity index (χ2n) is 3.72. The number of nitrogen functional groups attached to an aromatic ring is 1. The van der Waals surface area contributed by atoms with Crippen molar-refractivity contribution in [2.24, 2.45) is 0 Å². The first-order valence-corrected chi connectivity index (χ1v) is 8.11. The van der Waals surface area contributed by atoms with Crippen LogP contribution in [0.15, 0.2) is 52.4 Å². The lowest BCUT2D eigenvalue weighted by molar-refractivity contribution is 0.601. The summed E-state index contributed by atoms with van der Waals surface area (Å²) in [6.07, 6.45) is 3.37. The van der Waals surface area contributed by atoms with Gasteiger partial charge >= 0.3 is 0 Å². The fourth-order valence-corrected chi connectivity index (χ4v) is 3.12.